The lowest BCUT2D eigenvalue weighted by atomic mass is 9.70. The van der Waals surface area contributed by atoms with E-state index in [1.807, 2.05) is 35.9 Å². The minimum atomic E-state index is -2.66. The Morgan fingerprint density at radius 3 is 2.56 bits per heavy atom. The Bertz CT molecular complexity index is 1470. The summed E-state index contributed by atoms with van der Waals surface area (Å²) in [5.41, 5.74) is 3.29. The molecule has 1 saturated heterocycles. The molecule has 1 aromatic heterocycles. The first-order chi connectivity index (χ1) is 20.6. The van der Waals surface area contributed by atoms with E-state index in [2.05, 4.69) is 47.0 Å². The van der Waals surface area contributed by atoms with Crippen molar-refractivity contribution in [3.63, 3.8) is 0 Å². The molecule has 0 bridgehead atoms. The maximum Gasteiger partial charge on any atom is 0.264 e. The van der Waals surface area contributed by atoms with E-state index in [0.717, 1.165) is 49.4 Å². The number of aryl methyl sites for hydroxylation is 1. The van der Waals surface area contributed by atoms with Gasteiger partial charge < -0.3 is 19.1 Å². The molecule has 10 heteroatoms. The molecule has 3 heterocycles. The van der Waals surface area contributed by atoms with Crippen LogP contribution in [0.5, 0.6) is 0 Å². The third-order valence-corrected chi connectivity index (χ3v) is 9.76. The second-order valence-corrected chi connectivity index (χ2v) is 12.9. The van der Waals surface area contributed by atoms with Gasteiger partial charge in [-0.15, -0.1) is 10.2 Å². The number of fused-ring (bicyclic) bond motifs is 1. The Balaban J connectivity index is 1.30. The van der Waals surface area contributed by atoms with E-state index in [0.29, 0.717) is 41.2 Å². The molecule has 3 aromatic rings. The van der Waals surface area contributed by atoms with E-state index in [4.69, 9.17) is 4.74 Å². The Kier molecular flexibility index (Phi) is 8.37. The van der Waals surface area contributed by atoms with E-state index in [1.165, 1.54) is 0 Å². The fraction of sp³-hybridized carbons (Fsp3) is 0.545. The van der Waals surface area contributed by atoms with Crippen molar-refractivity contribution in [3.8, 4) is 0 Å². The summed E-state index contributed by atoms with van der Waals surface area (Å²) in [5.74, 6) is 1.38. The summed E-state index contributed by atoms with van der Waals surface area (Å²) in [6, 6.07) is 11.7. The summed E-state index contributed by atoms with van der Waals surface area (Å²) in [4.78, 5) is 20.2. The predicted octanol–water partition coefficient (Wildman–Crippen LogP) is 5.24. The molecule has 1 aliphatic carbocycles. The number of rotatable bonds is 9. The second kappa shape index (κ2) is 12.1. The van der Waals surface area contributed by atoms with Crippen LogP contribution in [0.1, 0.15) is 77.5 Å². The molecule has 8 nitrogen and oxygen atoms in total. The fourth-order valence-corrected chi connectivity index (χ4v) is 7.21. The lowest BCUT2D eigenvalue weighted by molar-refractivity contribution is -0.00525. The lowest BCUT2D eigenvalue weighted by Crippen LogP contribution is -2.53. The van der Waals surface area contributed by atoms with Gasteiger partial charge in [0, 0.05) is 69.1 Å². The summed E-state index contributed by atoms with van der Waals surface area (Å²) in [7, 11) is 5.80. The van der Waals surface area contributed by atoms with Gasteiger partial charge in [-0.2, -0.15) is 0 Å². The first-order valence-corrected chi connectivity index (χ1v) is 15.3. The van der Waals surface area contributed by atoms with Crippen LogP contribution in [-0.4, -0.2) is 76.4 Å². The van der Waals surface area contributed by atoms with Gasteiger partial charge in [0.2, 0.25) is 0 Å². The monoisotopic (exact) mass is 592 g/mol. The van der Waals surface area contributed by atoms with Crippen molar-refractivity contribution < 1.29 is 18.3 Å². The van der Waals surface area contributed by atoms with Crippen molar-refractivity contribution >= 4 is 11.6 Å². The highest BCUT2D eigenvalue weighted by atomic mass is 19.3. The van der Waals surface area contributed by atoms with Crippen LogP contribution < -0.4 is 4.90 Å². The van der Waals surface area contributed by atoms with Gasteiger partial charge in [0.05, 0.1) is 12.6 Å². The van der Waals surface area contributed by atoms with Gasteiger partial charge in [0.1, 0.15) is 12.2 Å². The average molecular weight is 593 g/mol. The molecule has 0 N–H and O–H groups in total. The van der Waals surface area contributed by atoms with Crippen molar-refractivity contribution in [1.82, 2.24) is 24.6 Å². The van der Waals surface area contributed by atoms with Crippen LogP contribution in [0.25, 0.3) is 0 Å². The van der Waals surface area contributed by atoms with E-state index in [1.54, 1.807) is 24.4 Å². The molecule has 0 radical (unpaired) electrons. The summed E-state index contributed by atoms with van der Waals surface area (Å²) in [6.45, 7) is 7.83. The number of carbonyl (C=O) groups is 1. The summed E-state index contributed by atoms with van der Waals surface area (Å²) >= 11 is 0. The molecule has 2 fully saturated rings. The molecular formula is C33H42F2N6O2. The van der Waals surface area contributed by atoms with Crippen molar-refractivity contribution in [2.45, 2.75) is 64.3 Å². The topological polar surface area (TPSA) is 66.7 Å². The Labute approximate surface area is 252 Å². The predicted molar refractivity (Wildman–Crippen MR) is 161 cm³/mol. The lowest BCUT2D eigenvalue weighted by Gasteiger charge is -2.42. The molecule has 2 aromatic carbocycles. The number of methoxy groups -OCH3 is 1. The number of piperazine rings is 1. The van der Waals surface area contributed by atoms with Crippen molar-refractivity contribution in [2.75, 3.05) is 38.7 Å². The van der Waals surface area contributed by atoms with Gasteiger partial charge >= 0.3 is 0 Å². The highest BCUT2D eigenvalue weighted by molar-refractivity contribution is 6.10. The Morgan fingerprint density at radius 1 is 1.09 bits per heavy atom. The van der Waals surface area contributed by atoms with Crippen LogP contribution in [0.3, 0.4) is 0 Å². The number of likely N-dealkylation sites (N-methyl/N-ethyl adjacent to an activating group) is 1. The summed E-state index contributed by atoms with van der Waals surface area (Å²) in [6.07, 6.45) is 1.10. The molecular weight excluding hydrogens is 550 g/mol. The van der Waals surface area contributed by atoms with Crippen LogP contribution in [0, 0.1) is 11.8 Å². The van der Waals surface area contributed by atoms with Crippen LogP contribution in [0.2, 0.25) is 0 Å². The maximum atomic E-state index is 14.5. The van der Waals surface area contributed by atoms with Crippen molar-refractivity contribution in [3.05, 3.63) is 76.4 Å². The number of carbonyl (C=O) groups excluding carboxylic acids is 1. The van der Waals surface area contributed by atoms with Crippen LogP contribution in [-0.2, 0) is 24.9 Å². The van der Waals surface area contributed by atoms with E-state index < -0.39 is 6.43 Å². The number of amides is 1. The quantitative estimate of drug-likeness (QED) is 0.339. The molecule has 2 atom stereocenters. The Hall–Kier alpha value is -3.21. The number of benzene rings is 2. The van der Waals surface area contributed by atoms with E-state index >= 15 is 0 Å². The maximum absolute atomic E-state index is 14.5. The number of anilines is 1. The molecule has 6 rings (SSSR count). The minimum Gasteiger partial charge on any atom is -0.381 e. The first kappa shape index (κ1) is 29.8. The van der Waals surface area contributed by atoms with Gasteiger partial charge in [0.25, 0.3) is 12.3 Å². The number of ether oxygens (including phenoxy) is 1. The van der Waals surface area contributed by atoms with Gasteiger partial charge in [-0.25, -0.2) is 8.78 Å². The average Bonchev–Trinajstić information content (AvgIpc) is 3.53. The molecule has 3 aliphatic rings. The molecule has 1 saturated carbocycles. The van der Waals surface area contributed by atoms with Gasteiger partial charge in [0.15, 0.2) is 0 Å². The third-order valence-electron chi connectivity index (χ3n) is 9.76. The van der Waals surface area contributed by atoms with Crippen LogP contribution in [0.4, 0.5) is 14.5 Å². The number of hydrogen-bond donors (Lipinski definition) is 0. The zero-order valence-electron chi connectivity index (χ0n) is 25.7. The Morgan fingerprint density at radius 2 is 1.88 bits per heavy atom. The molecule has 0 unspecified atom stereocenters. The third kappa shape index (κ3) is 5.72. The molecule has 43 heavy (non-hydrogen) atoms. The number of alkyl halides is 2. The zero-order chi connectivity index (χ0) is 30.4. The highest BCUT2D eigenvalue weighted by Crippen LogP contribution is 2.45. The smallest absolute Gasteiger partial charge is 0.264 e. The normalized spacial score (nSPS) is 23.7. The van der Waals surface area contributed by atoms with E-state index in [9.17, 15) is 13.6 Å². The minimum absolute atomic E-state index is 0.0142. The van der Waals surface area contributed by atoms with Crippen molar-refractivity contribution in [2.24, 2.45) is 18.9 Å². The SMILES string of the molecule is COC1CC([C@@H](c2cccc(N3Cc4c(cc(CN5CCN(C)C[C@@H]5C(C)C)cc4C(F)F)C3=O)c2)c2nncn2C)C1. The van der Waals surface area contributed by atoms with E-state index in [-0.39, 0.29) is 30.0 Å². The molecule has 2 aliphatic heterocycles. The van der Waals surface area contributed by atoms with Gasteiger partial charge in [-0.1, -0.05) is 26.0 Å². The van der Waals surface area contributed by atoms with Gasteiger partial charge in [-0.3, -0.25) is 9.69 Å². The number of aromatic nitrogens is 3. The molecule has 1 amide bonds. The highest BCUT2D eigenvalue weighted by Gasteiger charge is 2.40. The van der Waals surface area contributed by atoms with Gasteiger partial charge in [-0.05, 0) is 72.7 Å². The fourth-order valence-electron chi connectivity index (χ4n) is 7.21. The summed E-state index contributed by atoms with van der Waals surface area (Å²) in [5, 5.41) is 8.55. The number of hydrogen-bond acceptors (Lipinski definition) is 6. The molecule has 230 valence electrons. The standard InChI is InChI=1S/C33H42F2N6O2/c1-20(2)29-18-38(3)9-10-40(29)16-21-11-26(31(34)35)28-17-41(33(42)27(28)12-21)24-8-6-7-22(13-24)30(23-14-25(15-23)43-5)32-37-36-19-39(32)4/h6-8,11-13,19-20,23,25,29-31H,9-10,14-18H2,1-5H3/t23?,25?,29-,30-/m1/s1. The first-order valence-electron chi connectivity index (χ1n) is 15.3. The zero-order valence-corrected chi connectivity index (χ0v) is 25.7. The second-order valence-electron chi connectivity index (χ2n) is 12.9. The van der Waals surface area contributed by atoms with Crippen LogP contribution in [0.15, 0.2) is 42.7 Å². The summed E-state index contributed by atoms with van der Waals surface area (Å²) < 4.78 is 36.4. The number of nitrogens with zero attached hydrogens (tertiary/aromatic N) is 6. The largest absolute Gasteiger partial charge is 0.381 e. The van der Waals surface area contributed by atoms with Crippen LogP contribution >= 0.6 is 0 Å². The van der Waals surface area contributed by atoms with Crippen molar-refractivity contribution in [1.29, 1.82) is 0 Å². The number of halogens is 2. The molecule has 0 spiro atoms.